The monoisotopic (exact) mass is 424 g/mol. The minimum atomic E-state index is -0.461. The molecule has 2 rings (SSSR count). The fraction of sp³-hybridized carbons (Fsp3) is 0.480. The van der Waals surface area contributed by atoms with Crippen molar-refractivity contribution < 1.29 is 9.53 Å². The molecule has 0 radical (unpaired) electrons. The SMILES string of the molecule is CCCCCCc1ccc(N=Nc2ccc(OCCCCCCNC(N)=O)cc2)cc1. The molecule has 6 heteroatoms. The molecule has 0 heterocycles. The highest BCUT2D eigenvalue weighted by molar-refractivity contribution is 5.71. The summed E-state index contributed by atoms with van der Waals surface area (Å²) in [7, 11) is 0. The number of azo groups is 1. The maximum absolute atomic E-state index is 10.6. The molecule has 0 bridgehead atoms. The number of aryl methyl sites for hydroxylation is 1. The molecule has 0 fully saturated rings. The number of amides is 2. The van der Waals surface area contributed by atoms with Gasteiger partial charge in [-0.2, -0.15) is 10.2 Å². The molecule has 0 saturated carbocycles. The highest BCUT2D eigenvalue weighted by Crippen LogP contribution is 2.22. The molecular formula is C25H36N4O2. The first-order valence-electron chi connectivity index (χ1n) is 11.4. The Balaban J connectivity index is 1.65. The summed E-state index contributed by atoms with van der Waals surface area (Å²) in [4.78, 5) is 10.6. The second-order valence-electron chi connectivity index (χ2n) is 7.72. The fourth-order valence-corrected chi connectivity index (χ4v) is 3.19. The second kappa shape index (κ2) is 15.0. The van der Waals surface area contributed by atoms with Crippen LogP contribution in [0, 0.1) is 0 Å². The Morgan fingerprint density at radius 1 is 0.839 bits per heavy atom. The number of ether oxygens (including phenoxy) is 1. The number of rotatable bonds is 15. The fourth-order valence-electron chi connectivity index (χ4n) is 3.19. The van der Waals surface area contributed by atoms with Gasteiger partial charge in [-0.05, 0) is 67.6 Å². The van der Waals surface area contributed by atoms with Crippen LogP contribution in [-0.2, 0) is 6.42 Å². The molecule has 0 saturated heterocycles. The number of carbonyl (C=O) groups is 1. The third-order valence-corrected chi connectivity index (χ3v) is 5.01. The number of carbonyl (C=O) groups excluding carboxylic acids is 1. The average Bonchev–Trinajstić information content (AvgIpc) is 2.78. The second-order valence-corrected chi connectivity index (χ2v) is 7.72. The van der Waals surface area contributed by atoms with Crippen molar-refractivity contribution in [3.05, 3.63) is 54.1 Å². The van der Waals surface area contributed by atoms with Gasteiger partial charge in [0.15, 0.2) is 0 Å². The van der Waals surface area contributed by atoms with Crippen LogP contribution in [0.4, 0.5) is 16.2 Å². The van der Waals surface area contributed by atoms with Crippen molar-refractivity contribution in [2.75, 3.05) is 13.2 Å². The summed E-state index contributed by atoms with van der Waals surface area (Å²) < 4.78 is 5.77. The normalized spacial score (nSPS) is 11.0. The largest absolute Gasteiger partial charge is 0.494 e. The molecule has 0 atom stereocenters. The first kappa shape index (κ1) is 24.4. The molecule has 168 valence electrons. The molecule has 0 aromatic heterocycles. The zero-order chi connectivity index (χ0) is 22.2. The smallest absolute Gasteiger partial charge is 0.312 e. The minimum absolute atomic E-state index is 0.461. The summed E-state index contributed by atoms with van der Waals surface area (Å²) >= 11 is 0. The van der Waals surface area contributed by atoms with Crippen LogP contribution in [0.25, 0.3) is 0 Å². The predicted molar refractivity (Wildman–Crippen MR) is 126 cm³/mol. The van der Waals surface area contributed by atoms with Gasteiger partial charge in [0.25, 0.3) is 0 Å². The Hall–Kier alpha value is -2.89. The lowest BCUT2D eigenvalue weighted by molar-refractivity contribution is 0.248. The van der Waals surface area contributed by atoms with Crippen LogP contribution >= 0.6 is 0 Å². The van der Waals surface area contributed by atoms with Gasteiger partial charge < -0.3 is 15.8 Å². The Morgan fingerprint density at radius 3 is 2.10 bits per heavy atom. The van der Waals surface area contributed by atoms with Gasteiger partial charge in [0.05, 0.1) is 18.0 Å². The summed E-state index contributed by atoms with van der Waals surface area (Å²) in [6, 6.07) is 15.6. The number of benzene rings is 2. The van der Waals surface area contributed by atoms with Crippen LogP contribution in [0.2, 0.25) is 0 Å². The molecule has 0 aliphatic carbocycles. The summed E-state index contributed by atoms with van der Waals surface area (Å²) in [6.07, 6.45) is 10.3. The van der Waals surface area contributed by atoms with Gasteiger partial charge in [-0.1, -0.05) is 51.2 Å². The van der Waals surface area contributed by atoms with E-state index in [1.165, 1.54) is 31.2 Å². The van der Waals surface area contributed by atoms with Crippen molar-refractivity contribution in [1.82, 2.24) is 5.32 Å². The highest BCUT2D eigenvalue weighted by atomic mass is 16.5. The van der Waals surface area contributed by atoms with E-state index in [4.69, 9.17) is 10.5 Å². The van der Waals surface area contributed by atoms with Crippen LogP contribution in [0.5, 0.6) is 5.75 Å². The Morgan fingerprint density at radius 2 is 1.45 bits per heavy atom. The zero-order valence-corrected chi connectivity index (χ0v) is 18.7. The Labute approximate surface area is 186 Å². The standard InChI is InChI=1S/C25H36N4O2/c1-2-3-4-7-10-21-11-13-22(14-12-21)28-29-23-15-17-24(18-16-23)31-20-9-6-5-8-19-27-25(26)30/h11-18H,2-10,19-20H2,1H3,(H3,26,27,30). The summed E-state index contributed by atoms with van der Waals surface area (Å²) in [5.74, 6) is 0.835. The van der Waals surface area contributed by atoms with Crippen molar-refractivity contribution in [3.63, 3.8) is 0 Å². The number of primary amides is 1. The van der Waals surface area contributed by atoms with E-state index in [2.05, 4.69) is 34.6 Å². The third-order valence-electron chi connectivity index (χ3n) is 5.01. The van der Waals surface area contributed by atoms with E-state index < -0.39 is 6.03 Å². The van der Waals surface area contributed by atoms with E-state index in [1.54, 1.807) is 0 Å². The van der Waals surface area contributed by atoms with Gasteiger partial charge in [0.2, 0.25) is 0 Å². The van der Waals surface area contributed by atoms with Gasteiger partial charge >= 0.3 is 6.03 Å². The molecule has 0 aliphatic rings. The van der Waals surface area contributed by atoms with E-state index in [-0.39, 0.29) is 0 Å². The molecular weight excluding hydrogens is 388 g/mol. The number of nitrogens with one attached hydrogen (secondary N) is 1. The van der Waals surface area contributed by atoms with Crippen molar-refractivity contribution in [1.29, 1.82) is 0 Å². The molecule has 0 spiro atoms. The summed E-state index contributed by atoms with van der Waals surface area (Å²) in [5.41, 5.74) is 8.05. The van der Waals surface area contributed by atoms with Crippen molar-refractivity contribution in [2.24, 2.45) is 16.0 Å². The maximum Gasteiger partial charge on any atom is 0.312 e. The van der Waals surface area contributed by atoms with Crippen LogP contribution in [0.1, 0.15) is 63.9 Å². The molecule has 31 heavy (non-hydrogen) atoms. The quantitative estimate of drug-likeness (QED) is 0.242. The van der Waals surface area contributed by atoms with Crippen LogP contribution in [-0.4, -0.2) is 19.2 Å². The molecule has 6 nitrogen and oxygen atoms in total. The van der Waals surface area contributed by atoms with E-state index in [0.717, 1.165) is 49.2 Å². The van der Waals surface area contributed by atoms with E-state index in [0.29, 0.717) is 13.2 Å². The van der Waals surface area contributed by atoms with Gasteiger partial charge in [-0.25, -0.2) is 4.79 Å². The van der Waals surface area contributed by atoms with Gasteiger partial charge in [0, 0.05) is 6.54 Å². The number of nitrogens with zero attached hydrogens (tertiary/aromatic N) is 2. The average molecular weight is 425 g/mol. The summed E-state index contributed by atoms with van der Waals surface area (Å²) in [5, 5.41) is 11.2. The van der Waals surface area contributed by atoms with Crippen LogP contribution in [0.15, 0.2) is 58.8 Å². The Kier molecular flexibility index (Phi) is 11.8. The topological polar surface area (TPSA) is 89.1 Å². The van der Waals surface area contributed by atoms with E-state index in [1.807, 2.05) is 36.4 Å². The van der Waals surface area contributed by atoms with Crippen molar-refractivity contribution >= 4 is 17.4 Å². The first-order valence-corrected chi connectivity index (χ1v) is 11.4. The van der Waals surface area contributed by atoms with Crippen LogP contribution in [0.3, 0.4) is 0 Å². The maximum atomic E-state index is 10.6. The van der Waals surface area contributed by atoms with Gasteiger partial charge in [0.1, 0.15) is 5.75 Å². The zero-order valence-electron chi connectivity index (χ0n) is 18.7. The number of hydrogen-bond donors (Lipinski definition) is 2. The van der Waals surface area contributed by atoms with Crippen LogP contribution < -0.4 is 15.8 Å². The van der Waals surface area contributed by atoms with E-state index >= 15 is 0 Å². The Bertz CT molecular complexity index is 773. The van der Waals surface area contributed by atoms with Crippen molar-refractivity contribution in [2.45, 2.75) is 64.7 Å². The minimum Gasteiger partial charge on any atom is -0.494 e. The first-order chi connectivity index (χ1) is 15.2. The van der Waals surface area contributed by atoms with Crippen molar-refractivity contribution in [3.8, 4) is 5.75 Å². The predicted octanol–water partition coefficient (Wildman–Crippen LogP) is 6.83. The number of unbranched alkanes of at least 4 members (excludes halogenated alkanes) is 6. The number of nitrogens with two attached hydrogens (primary N) is 1. The molecule has 0 aliphatic heterocycles. The van der Waals surface area contributed by atoms with E-state index in [9.17, 15) is 4.79 Å². The highest BCUT2D eigenvalue weighted by Gasteiger charge is 1.98. The lowest BCUT2D eigenvalue weighted by Gasteiger charge is -2.06. The molecule has 3 N–H and O–H groups in total. The molecule has 2 aromatic carbocycles. The molecule has 2 amide bonds. The summed E-state index contributed by atoms with van der Waals surface area (Å²) in [6.45, 7) is 3.55. The lowest BCUT2D eigenvalue weighted by Crippen LogP contribution is -2.29. The molecule has 2 aromatic rings. The molecule has 0 unspecified atom stereocenters. The number of urea groups is 1. The van der Waals surface area contributed by atoms with Gasteiger partial charge in [-0.15, -0.1) is 0 Å². The van der Waals surface area contributed by atoms with Gasteiger partial charge in [-0.3, -0.25) is 0 Å². The lowest BCUT2D eigenvalue weighted by atomic mass is 10.1. The number of hydrogen-bond acceptors (Lipinski definition) is 4. The third kappa shape index (κ3) is 11.2.